The third kappa shape index (κ3) is 6.49. The molecule has 0 heterocycles. The fourth-order valence-corrected chi connectivity index (χ4v) is 1.81. The van der Waals surface area contributed by atoms with Crippen molar-refractivity contribution in [3.8, 4) is 0 Å². The first-order valence-electron chi connectivity index (χ1n) is 7.42. The lowest BCUT2D eigenvalue weighted by Gasteiger charge is -2.12. The smallest absolute Gasteiger partial charge is 0.340 e. The highest BCUT2D eigenvalue weighted by atomic mass is 16.5. The number of hydrogen-bond donors (Lipinski definition) is 2. The number of benzene rings is 1. The summed E-state index contributed by atoms with van der Waals surface area (Å²) in [6.07, 6.45) is 0.874. The van der Waals surface area contributed by atoms with Gasteiger partial charge in [-0.1, -0.05) is 13.8 Å². The van der Waals surface area contributed by atoms with Crippen LogP contribution in [0.5, 0.6) is 0 Å². The van der Waals surface area contributed by atoms with Crippen LogP contribution in [0.4, 0.5) is 11.4 Å². The van der Waals surface area contributed by atoms with Gasteiger partial charge in [0.25, 0.3) is 0 Å². The van der Waals surface area contributed by atoms with E-state index in [0.717, 1.165) is 25.3 Å². The zero-order chi connectivity index (χ0) is 15.7. The summed E-state index contributed by atoms with van der Waals surface area (Å²) in [5.74, 6) is 0.189. The predicted octanol–water partition coefficient (Wildman–Crippen LogP) is 2.92. The Labute approximate surface area is 126 Å². The summed E-state index contributed by atoms with van der Waals surface area (Å²) in [6.45, 7) is 8.58. The summed E-state index contributed by atoms with van der Waals surface area (Å²) in [5.41, 5.74) is 7.49. The molecular formula is C16H26N2O3. The Kier molecular flexibility index (Phi) is 7.61. The highest BCUT2D eigenvalue weighted by Gasteiger charge is 2.12. The third-order valence-electron chi connectivity index (χ3n) is 2.77. The Morgan fingerprint density at radius 1 is 1.38 bits per heavy atom. The Morgan fingerprint density at radius 2 is 2.14 bits per heavy atom. The number of nitrogens with two attached hydrogens (primary N) is 1. The zero-order valence-corrected chi connectivity index (χ0v) is 13.1. The van der Waals surface area contributed by atoms with E-state index in [1.807, 2.05) is 0 Å². The fourth-order valence-electron chi connectivity index (χ4n) is 1.81. The molecule has 1 rings (SSSR count). The average molecular weight is 294 g/mol. The first-order valence-corrected chi connectivity index (χ1v) is 7.42. The minimum Gasteiger partial charge on any atom is -0.462 e. The van der Waals surface area contributed by atoms with Gasteiger partial charge in [0.05, 0.1) is 12.2 Å². The highest BCUT2D eigenvalue weighted by Crippen LogP contribution is 2.20. The van der Waals surface area contributed by atoms with E-state index in [2.05, 4.69) is 19.2 Å². The summed E-state index contributed by atoms with van der Waals surface area (Å²) in [4.78, 5) is 11.9. The van der Waals surface area contributed by atoms with Gasteiger partial charge in [-0.2, -0.15) is 0 Å². The van der Waals surface area contributed by atoms with E-state index in [4.69, 9.17) is 15.2 Å². The van der Waals surface area contributed by atoms with Crippen molar-refractivity contribution in [2.75, 3.05) is 37.4 Å². The first-order chi connectivity index (χ1) is 10.0. The first kappa shape index (κ1) is 17.3. The van der Waals surface area contributed by atoms with Crippen molar-refractivity contribution >= 4 is 17.3 Å². The number of rotatable bonds is 9. The summed E-state index contributed by atoms with van der Waals surface area (Å²) >= 11 is 0. The molecule has 1 aromatic rings. The van der Waals surface area contributed by atoms with E-state index in [9.17, 15) is 4.79 Å². The third-order valence-corrected chi connectivity index (χ3v) is 2.77. The SMILES string of the molecule is CCOC(=O)c1cc(N)ccc1NCCCOCC(C)C. The molecule has 0 radical (unpaired) electrons. The van der Waals surface area contributed by atoms with Crippen LogP contribution < -0.4 is 11.1 Å². The van der Waals surface area contributed by atoms with Gasteiger partial charge >= 0.3 is 5.97 Å². The lowest BCUT2D eigenvalue weighted by atomic mass is 10.1. The van der Waals surface area contributed by atoms with Gasteiger partial charge < -0.3 is 20.5 Å². The van der Waals surface area contributed by atoms with Crippen LogP contribution in [0.3, 0.4) is 0 Å². The minimum absolute atomic E-state index is 0.343. The molecule has 1 aromatic carbocycles. The predicted molar refractivity (Wildman–Crippen MR) is 85.6 cm³/mol. The van der Waals surface area contributed by atoms with Crippen molar-refractivity contribution in [3.63, 3.8) is 0 Å². The number of carbonyl (C=O) groups is 1. The standard InChI is InChI=1S/C16H26N2O3/c1-4-21-16(19)14-10-13(17)6-7-15(14)18-8-5-9-20-11-12(2)3/h6-7,10,12,18H,4-5,8-9,11,17H2,1-3H3. The van der Waals surface area contributed by atoms with Gasteiger partial charge in [-0.25, -0.2) is 4.79 Å². The highest BCUT2D eigenvalue weighted by molar-refractivity contribution is 5.96. The molecule has 0 spiro atoms. The zero-order valence-electron chi connectivity index (χ0n) is 13.1. The van der Waals surface area contributed by atoms with Gasteiger partial charge in [-0.15, -0.1) is 0 Å². The quantitative estimate of drug-likeness (QED) is 0.416. The van der Waals surface area contributed by atoms with E-state index in [1.165, 1.54) is 0 Å². The van der Waals surface area contributed by atoms with Crippen LogP contribution >= 0.6 is 0 Å². The topological polar surface area (TPSA) is 73.6 Å². The lowest BCUT2D eigenvalue weighted by Crippen LogP contribution is -2.13. The van der Waals surface area contributed by atoms with Crippen LogP contribution in [0.25, 0.3) is 0 Å². The molecule has 5 nitrogen and oxygen atoms in total. The van der Waals surface area contributed by atoms with Crippen molar-refractivity contribution in [2.24, 2.45) is 5.92 Å². The maximum absolute atomic E-state index is 11.9. The number of hydrogen-bond acceptors (Lipinski definition) is 5. The van der Waals surface area contributed by atoms with E-state index in [0.29, 0.717) is 30.4 Å². The Hall–Kier alpha value is -1.75. The Morgan fingerprint density at radius 3 is 2.81 bits per heavy atom. The van der Waals surface area contributed by atoms with Crippen LogP contribution in [0.1, 0.15) is 37.6 Å². The number of nitrogen functional groups attached to an aromatic ring is 1. The van der Waals surface area contributed by atoms with Gasteiger partial charge in [0.2, 0.25) is 0 Å². The molecule has 0 saturated heterocycles. The molecular weight excluding hydrogens is 268 g/mol. The maximum Gasteiger partial charge on any atom is 0.340 e. The molecule has 118 valence electrons. The Balaban J connectivity index is 2.48. The molecule has 0 aliphatic heterocycles. The molecule has 0 aliphatic carbocycles. The van der Waals surface area contributed by atoms with Crippen molar-refractivity contribution in [2.45, 2.75) is 27.2 Å². The van der Waals surface area contributed by atoms with Gasteiger partial charge in [-0.05, 0) is 37.5 Å². The summed E-state index contributed by atoms with van der Waals surface area (Å²) in [6, 6.07) is 5.20. The van der Waals surface area contributed by atoms with E-state index >= 15 is 0 Å². The summed E-state index contributed by atoms with van der Waals surface area (Å²) in [7, 11) is 0. The molecule has 0 saturated carbocycles. The fraction of sp³-hybridized carbons (Fsp3) is 0.562. The molecule has 0 atom stereocenters. The lowest BCUT2D eigenvalue weighted by molar-refractivity contribution is 0.0527. The van der Waals surface area contributed by atoms with Gasteiger partial charge in [-0.3, -0.25) is 0 Å². The van der Waals surface area contributed by atoms with Crippen molar-refractivity contribution in [3.05, 3.63) is 23.8 Å². The van der Waals surface area contributed by atoms with Crippen LogP contribution in [0.15, 0.2) is 18.2 Å². The second-order valence-corrected chi connectivity index (χ2v) is 5.27. The van der Waals surface area contributed by atoms with Gasteiger partial charge in [0.15, 0.2) is 0 Å². The molecule has 21 heavy (non-hydrogen) atoms. The molecule has 0 unspecified atom stereocenters. The van der Waals surface area contributed by atoms with Crippen molar-refractivity contribution in [1.29, 1.82) is 0 Å². The number of nitrogens with one attached hydrogen (secondary N) is 1. The molecule has 3 N–H and O–H groups in total. The average Bonchev–Trinajstić information content (AvgIpc) is 2.43. The molecule has 0 fully saturated rings. The van der Waals surface area contributed by atoms with Crippen molar-refractivity contribution in [1.82, 2.24) is 0 Å². The molecule has 0 aliphatic rings. The van der Waals surface area contributed by atoms with Crippen LogP contribution in [0.2, 0.25) is 0 Å². The second kappa shape index (κ2) is 9.23. The Bertz CT molecular complexity index is 447. The van der Waals surface area contributed by atoms with E-state index in [1.54, 1.807) is 25.1 Å². The normalized spacial score (nSPS) is 10.7. The van der Waals surface area contributed by atoms with Crippen LogP contribution in [-0.2, 0) is 9.47 Å². The second-order valence-electron chi connectivity index (χ2n) is 5.27. The molecule has 5 heteroatoms. The van der Waals surface area contributed by atoms with E-state index < -0.39 is 0 Å². The van der Waals surface area contributed by atoms with Gasteiger partial charge in [0.1, 0.15) is 0 Å². The number of esters is 1. The van der Waals surface area contributed by atoms with E-state index in [-0.39, 0.29) is 5.97 Å². The van der Waals surface area contributed by atoms with Crippen LogP contribution in [0, 0.1) is 5.92 Å². The maximum atomic E-state index is 11.9. The largest absolute Gasteiger partial charge is 0.462 e. The number of anilines is 2. The summed E-state index contributed by atoms with van der Waals surface area (Å²) < 4.78 is 10.6. The number of carbonyl (C=O) groups excluding carboxylic acids is 1. The monoisotopic (exact) mass is 294 g/mol. The summed E-state index contributed by atoms with van der Waals surface area (Å²) in [5, 5.41) is 3.23. The molecule has 0 aromatic heterocycles. The molecule has 0 bridgehead atoms. The van der Waals surface area contributed by atoms with Crippen LogP contribution in [-0.4, -0.2) is 32.3 Å². The van der Waals surface area contributed by atoms with Gasteiger partial charge in [0, 0.05) is 31.1 Å². The molecule has 0 amide bonds. The van der Waals surface area contributed by atoms with Crippen molar-refractivity contribution < 1.29 is 14.3 Å². The number of ether oxygens (including phenoxy) is 2. The minimum atomic E-state index is -0.358.